The van der Waals surface area contributed by atoms with Gasteiger partial charge in [0.1, 0.15) is 0 Å². The number of non-ortho nitro benzene ring substituents is 1. The number of carbonyl (C=O) groups excluding carboxylic acids is 2. The first-order valence-electron chi connectivity index (χ1n) is 9.31. The zero-order chi connectivity index (χ0) is 20.1. The quantitative estimate of drug-likeness (QED) is 0.518. The topological polar surface area (TPSA) is 101 Å². The van der Waals surface area contributed by atoms with Crippen molar-refractivity contribution in [3.63, 3.8) is 0 Å². The SMILES string of the molecule is CCCC[C@H](CC)CN1C(=O)C(O)=C(C(C)=O)[C@H]1c1cccc([N+](=O)[O-])c1. The van der Waals surface area contributed by atoms with E-state index in [0.29, 0.717) is 12.1 Å². The first-order chi connectivity index (χ1) is 12.8. The summed E-state index contributed by atoms with van der Waals surface area (Å²) in [5, 5.41) is 21.4. The maximum Gasteiger partial charge on any atom is 0.290 e. The highest BCUT2D eigenvalue weighted by atomic mass is 16.6. The lowest BCUT2D eigenvalue weighted by molar-refractivity contribution is -0.384. The van der Waals surface area contributed by atoms with Gasteiger partial charge in [-0.1, -0.05) is 45.2 Å². The third-order valence-corrected chi connectivity index (χ3v) is 5.08. The molecule has 0 aliphatic carbocycles. The summed E-state index contributed by atoms with van der Waals surface area (Å²) >= 11 is 0. The fourth-order valence-corrected chi connectivity index (χ4v) is 3.55. The van der Waals surface area contributed by atoms with Gasteiger partial charge in [0, 0.05) is 18.7 Å². The number of hydrogen-bond donors (Lipinski definition) is 1. The van der Waals surface area contributed by atoms with Gasteiger partial charge in [-0.2, -0.15) is 0 Å². The van der Waals surface area contributed by atoms with Gasteiger partial charge >= 0.3 is 0 Å². The third-order valence-electron chi connectivity index (χ3n) is 5.08. The second-order valence-electron chi connectivity index (χ2n) is 6.95. The number of nitro benzene ring substituents is 1. The summed E-state index contributed by atoms with van der Waals surface area (Å²) in [4.78, 5) is 36.9. The molecule has 1 amide bonds. The number of ketones is 1. The summed E-state index contributed by atoms with van der Waals surface area (Å²) in [6.45, 7) is 5.83. The van der Waals surface area contributed by atoms with Crippen molar-refractivity contribution >= 4 is 17.4 Å². The minimum absolute atomic E-state index is 0.00541. The average Bonchev–Trinajstić information content (AvgIpc) is 2.89. The Labute approximate surface area is 158 Å². The first-order valence-corrected chi connectivity index (χ1v) is 9.31. The first kappa shape index (κ1) is 20.6. The summed E-state index contributed by atoms with van der Waals surface area (Å²) in [7, 11) is 0. The molecule has 0 bridgehead atoms. The molecule has 146 valence electrons. The Morgan fingerprint density at radius 1 is 1.37 bits per heavy atom. The van der Waals surface area contributed by atoms with Crippen molar-refractivity contribution in [1.82, 2.24) is 4.90 Å². The van der Waals surface area contributed by atoms with Crippen LogP contribution in [-0.2, 0) is 9.59 Å². The van der Waals surface area contributed by atoms with Crippen LogP contribution in [0.3, 0.4) is 0 Å². The average molecular weight is 374 g/mol. The number of aliphatic hydroxyl groups excluding tert-OH is 1. The van der Waals surface area contributed by atoms with Gasteiger partial charge < -0.3 is 10.0 Å². The number of carbonyl (C=O) groups is 2. The highest BCUT2D eigenvalue weighted by Crippen LogP contribution is 2.39. The monoisotopic (exact) mass is 374 g/mol. The Bertz CT molecular complexity index is 771. The largest absolute Gasteiger partial charge is 0.503 e. The van der Waals surface area contributed by atoms with Crippen molar-refractivity contribution in [2.75, 3.05) is 6.54 Å². The van der Waals surface area contributed by atoms with E-state index < -0.39 is 28.4 Å². The van der Waals surface area contributed by atoms with Gasteiger partial charge in [0.25, 0.3) is 11.6 Å². The number of amides is 1. The molecule has 7 nitrogen and oxygen atoms in total. The molecular weight excluding hydrogens is 348 g/mol. The molecule has 0 spiro atoms. The molecule has 1 aromatic carbocycles. The molecule has 2 atom stereocenters. The van der Waals surface area contributed by atoms with E-state index in [4.69, 9.17) is 0 Å². The Morgan fingerprint density at radius 2 is 2.07 bits per heavy atom. The van der Waals surface area contributed by atoms with Gasteiger partial charge in [0.15, 0.2) is 11.5 Å². The van der Waals surface area contributed by atoms with Crippen LogP contribution in [0.25, 0.3) is 0 Å². The van der Waals surface area contributed by atoms with Gasteiger partial charge in [-0.15, -0.1) is 0 Å². The second kappa shape index (κ2) is 8.79. The van der Waals surface area contributed by atoms with Crippen LogP contribution in [0.4, 0.5) is 5.69 Å². The van der Waals surface area contributed by atoms with E-state index in [-0.39, 0.29) is 17.2 Å². The van der Waals surface area contributed by atoms with E-state index in [1.165, 1.54) is 30.0 Å². The molecule has 1 aromatic rings. The van der Waals surface area contributed by atoms with Crippen molar-refractivity contribution in [1.29, 1.82) is 0 Å². The van der Waals surface area contributed by atoms with Crippen LogP contribution in [0.1, 0.15) is 58.1 Å². The van der Waals surface area contributed by atoms with Crippen molar-refractivity contribution in [3.8, 4) is 0 Å². The van der Waals surface area contributed by atoms with Gasteiger partial charge in [0.05, 0.1) is 16.5 Å². The Kier molecular flexibility index (Phi) is 6.71. The smallest absolute Gasteiger partial charge is 0.290 e. The molecule has 7 heteroatoms. The molecule has 1 aliphatic heterocycles. The minimum Gasteiger partial charge on any atom is -0.503 e. The fourth-order valence-electron chi connectivity index (χ4n) is 3.55. The van der Waals surface area contributed by atoms with Crippen molar-refractivity contribution < 1.29 is 19.6 Å². The number of Topliss-reactive ketones (excluding diaryl/α,β-unsaturated/α-hetero) is 1. The van der Waals surface area contributed by atoms with Gasteiger partial charge in [-0.25, -0.2) is 0 Å². The molecule has 0 saturated heterocycles. The Hall–Kier alpha value is -2.70. The molecule has 0 saturated carbocycles. The number of aliphatic hydroxyl groups is 1. The third kappa shape index (κ3) is 4.35. The zero-order valence-corrected chi connectivity index (χ0v) is 16.0. The molecule has 1 aliphatic rings. The van der Waals surface area contributed by atoms with Crippen molar-refractivity contribution in [2.45, 2.75) is 52.5 Å². The van der Waals surface area contributed by atoms with Crippen LogP contribution in [0.5, 0.6) is 0 Å². The second-order valence-corrected chi connectivity index (χ2v) is 6.95. The number of unbranched alkanes of at least 4 members (excludes halogenated alkanes) is 1. The van der Waals surface area contributed by atoms with Crippen molar-refractivity contribution in [2.24, 2.45) is 5.92 Å². The zero-order valence-electron chi connectivity index (χ0n) is 16.0. The molecule has 2 rings (SSSR count). The molecule has 0 fully saturated rings. The van der Waals surface area contributed by atoms with Gasteiger partial charge in [0.2, 0.25) is 0 Å². The minimum atomic E-state index is -0.800. The predicted octanol–water partition coefficient (Wildman–Crippen LogP) is 4.10. The maximum absolute atomic E-state index is 12.7. The van der Waals surface area contributed by atoms with Crippen LogP contribution >= 0.6 is 0 Å². The summed E-state index contributed by atoms with van der Waals surface area (Å²) in [6, 6.07) is 5.09. The summed E-state index contributed by atoms with van der Waals surface area (Å²) < 4.78 is 0. The maximum atomic E-state index is 12.7. The molecular formula is C20H26N2O5. The van der Waals surface area contributed by atoms with E-state index in [1.807, 2.05) is 6.92 Å². The number of nitrogens with zero attached hydrogens (tertiary/aromatic N) is 2. The summed E-state index contributed by atoms with van der Waals surface area (Å²) in [5.41, 5.74) is 0.343. The molecule has 1 N–H and O–H groups in total. The summed E-state index contributed by atoms with van der Waals surface area (Å²) in [6.07, 6.45) is 3.87. The molecule has 27 heavy (non-hydrogen) atoms. The van der Waals surface area contributed by atoms with E-state index >= 15 is 0 Å². The molecule has 0 unspecified atom stereocenters. The number of hydrogen-bond acceptors (Lipinski definition) is 5. The Morgan fingerprint density at radius 3 is 2.63 bits per heavy atom. The number of rotatable bonds is 9. The predicted molar refractivity (Wildman–Crippen MR) is 101 cm³/mol. The van der Waals surface area contributed by atoms with Gasteiger partial charge in [-0.3, -0.25) is 19.7 Å². The van der Waals surface area contributed by atoms with Crippen LogP contribution in [-0.4, -0.2) is 33.2 Å². The summed E-state index contributed by atoms with van der Waals surface area (Å²) in [5.74, 6) is -1.33. The standard InChI is InChI=1S/C20H26N2O5/c1-4-6-8-14(5-2)12-21-18(17(13(3)23)19(24)20(21)25)15-9-7-10-16(11-15)22(26)27/h7,9-11,14,18,24H,4-6,8,12H2,1-3H3/t14-,18+/m0/s1. The lowest BCUT2D eigenvalue weighted by atomic mass is 9.94. The Balaban J connectivity index is 2.45. The number of nitro groups is 1. The van der Waals surface area contributed by atoms with Gasteiger partial charge in [-0.05, 0) is 24.8 Å². The van der Waals surface area contributed by atoms with Crippen LogP contribution in [0, 0.1) is 16.0 Å². The normalized spacial score (nSPS) is 18.1. The van der Waals surface area contributed by atoms with Crippen molar-refractivity contribution in [3.05, 3.63) is 51.3 Å². The van der Waals surface area contributed by atoms with E-state index in [2.05, 4.69) is 6.92 Å². The van der Waals surface area contributed by atoms with E-state index in [9.17, 15) is 24.8 Å². The lowest BCUT2D eigenvalue weighted by Gasteiger charge is -2.30. The lowest BCUT2D eigenvalue weighted by Crippen LogP contribution is -2.35. The molecule has 0 radical (unpaired) electrons. The van der Waals surface area contributed by atoms with Crippen LogP contribution in [0.15, 0.2) is 35.6 Å². The molecule has 1 heterocycles. The highest BCUT2D eigenvalue weighted by molar-refractivity contribution is 6.08. The molecule has 0 aromatic heterocycles. The van der Waals surface area contributed by atoms with Crippen LogP contribution in [0.2, 0.25) is 0 Å². The highest BCUT2D eigenvalue weighted by Gasteiger charge is 2.43. The van der Waals surface area contributed by atoms with Crippen LogP contribution < -0.4 is 0 Å². The number of benzene rings is 1. The van der Waals surface area contributed by atoms with E-state index in [0.717, 1.165) is 25.7 Å². The van der Waals surface area contributed by atoms with E-state index in [1.54, 1.807) is 6.07 Å². The fraction of sp³-hybridized carbons (Fsp3) is 0.500.